The first-order chi connectivity index (χ1) is 8.79. The van der Waals surface area contributed by atoms with Crippen LogP contribution in [0.5, 0.6) is 5.75 Å². The highest BCUT2D eigenvalue weighted by Crippen LogP contribution is 2.12. The molecular formula is C14H20N2O2. The standard InChI is InChI=1S/C14H20N2O2/c1-18-12-6-4-5-11(9-12)10-16-14(17)13-7-2-3-8-15-13/h4-6,9,13,15H,2-3,7-8,10H2,1H3,(H,16,17)/t13-/m1/s1. The summed E-state index contributed by atoms with van der Waals surface area (Å²) >= 11 is 0. The maximum atomic E-state index is 11.9. The minimum absolute atomic E-state index is 0.0237. The van der Waals surface area contributed by atoms with Gasteiger partial charge in [0.1, 0.15) is 5.75 Å². The van der Waals surface area contributed by atoms with Gasteiger partial charge in [-0.1, -0.05) is 18.6 Å². The highest BCUT2D eigenvalue weighted by atomic mass is 16.5. The predicted octanol–water partition coefficient (Wildman–Crippen LogP) is 1.45. The summed E-state index contributed by atoms with van der Waals surface area (Å²) in [6.45, 7) is 1.49. The highest BCUT2D eigenvalue weighted by molar-refractivity contribution is 5.81. The summed E-state index contributed by atoms with van der Waals surface area (Å²) in [5.74, 6) is 0.912. The molecule has 0 aromatic heterocycles. The number of piperidine rings is 1. The van der Waals surface area contributed by atoms with Crippen molar-refractivity contribution in [2.45, 2.75) is 31.8 Å². The summed E-state index contributed by atoms with van der Waals surface area (Å²) in [5, 5.41) is 6.20. The molecule has 4 nitrogen and oxygen atoms in total. The van der Waals surface area contributed by atoms with Crippen LogP contribution in [-0.2, 0) is 11.3 Å². The van der Waals surface area contributed by atoms with Crippen molar-refractivity contribution in [2.24, 2.45) is 0 Å². The smallest absolute Gasteiger partial charge is 0.237 e. The third-order valence-electron chi connectivity index (χ3n) is 3.23. The molecule has 0 unspecified atom stereocenters. The molecule has 1 aliphatic heterocycles. The van der Waals surface area contributed by atoms with E-state index in [-0.39, 0.29) is 11.9 Å². The number of benzene rings is 1. The van der Waals surface area contributed by atoms with E-state index < -0.39 is 0 Å². The lowest BCUT2D eigenvalue weighted by Crippen LogP contribution is -2.46. The second kappa shape index (κ2) is 6.40. The number of ether oxygens (including phenoxy) is 1. The van der Waals surface area contributed by atoms with Crippen molar-refractivity contribution in [2.75, 3.05) is 13.7 Å². The Morgan fingerprint density at radius 1 is 1.50 bits per heavy atom. The maximum Gasteiger partial charge on any atom is 0.237 e. The van der Waals surface area contributed by atoms with Crippen LogP contribution in [0.15, 0.2) is 24.3 Å². The molecule has 0 radical (unpaired) electrons. The number of nitrogens with one attached hydrogen (secondary N) is 2. The first-order valence-electron chi connectivity index (χ1n) is 6.43. The molecule has 1 heterocycles. The van der Waals surface area contributed by atoms with Crippen molar-refractivity contribution in [1.82, 2.24) is 10.6 Å². The molecule has 2 rings (SSSR count). The van der Waals surface area contributed by atoms with Crippen LogP contribution in [0, 0.1) is 0 Å². The molecule has 1 amide bonds. The predicted molar refractivity (Wildman–Crippen MR) is 70.5 cm³/mol. The number of carbonyl (C=O) groups is 1. The number of carbonyl (C=O) groups excluding carboxylic acids is 1. The number of amides is 1. The van der Waals surface area contributed by atoms with E-state index in [0.29, 0.717) is 6.54 Å². The Bertz CT molecular complexity index is 401. The van der Waals surface area contributed by atoms with E-state index >= 15 is 0 Å². The van der Waals surface area contributed by atoms with Crippen LogP contribution in [-0.4, -0.2) is 25.6 Å². The highest BCUT2D eigenvalue weighted by Gasteiger charge is 2.19. The SMILES string of the molecule is COc1cccc(CNC(=O)[C@H]2CCCCN2)c1. The Hall–Kier alpha value is -1.55. The summed E-state index contributed by atoms with van der Waals surface area (Å²) in [4.78, 5) is 11.9. The average molecular weight is 248 g/mol. The minimum atomic E-state index is -0.0237. The van der Waals surface area contributed by atoms with Gasteiger partial charge in [0, 0.05) is 6.54 Å². The normalized spacial score (nSPS) is 19.3. The van der Waals surface area contributed by atoms with E-state index in [0.717, 1.165) is 30.7 Å². The van der Waals surface area contributed by atoms with Crippen LogP contribution in [0.2, 0.25) is 0 Å². The number of hydrogen-bond acceptors (Lipinski definition) is 3. The maximum absolute atomic E-state index is 11.9. The first kappa shape index (κ1) is 12.9. The van der Waals surface area contributed by atoms with Gasteiger partial charge in [-0.15, -0.1) is 0 Å². The summed E-state index contributed by atoms with van der Waals surface area (Å²) in [6, 6.07) is 7.73. The first-order valence-corrected chi connectivity index (χ1v) is 6.43. The van der Waals surface area contributed by atoms with E-state index in [1.165, 1.54) is 6.42 Å². The zero-order valence-corrected chi connectivity index (χ0v) is 10.7. The van der Waals surface area contributed by atoms with Crippen LogP contribution >= 0.6 is 0 Å². The van der Waals surface area contributed by atoms with E-state index in [2.05, 4.69) is 10.6 Å². The van der Waals surface area contributed by atoms with Crippen molar-refractivity contribution in [3.05, 3.63) is 29.8 Å². The Labute approximate surface area is 108 Å². The van der Waals surface area contributed by atoms with Gasteiger partial charge in [0.2, 0.25) is 5.91 Å². The molecule has 18 heavy (non-hydrogen) atoms. The second-order valence-corrected chi connectivity index (χ2v) is 4.57. The molecule has 1 aromatic carbocycles. The Morgan fingerprint density at radius 2 is 2.39 bits per heavy atom. The van der Waals surface area contributed by atoms with E-state index in [1.54, 1.807) is 7.11 Å². The third-order valence-corrected chi connectivity index (χ3v) is 3.23. The number of hydrogen-bond donors (Lipinski definition) is 2. The van der Waals surface area contributed by atoms with E-state index in [1.807, 2.05) is 24.3 Å². The van der Waals surface area contributed by atoms with Crippen LogP contribution in [0.1, 0.15) is 24.8 Å². The topological polar surface area (TPSA) is 50.4 Å². The quantitative estimate of drug-likeness (QED) is 0.848. The fraction of sp³-hybridized carbons (Fsp3) is 0.500. The van der Waals surface area contributed by atoms with Crippen molar-refractivity contribution in [3.8, 4) is 5.75 Å². The summed E-state index contributed by atoms with van der Waals surface area (Å²) in [6.07, 6.45) is 3.23. The fourth-order valence-electron chi connectivity index (χ4n) is 2.17. The summed E-state index contributed by atoms with van der Waals surface area (Å²) < 4.78 is 5.15. The van der Waals surface area contributed by atoms with Gasteiger partial charge in [-0.25, -0.2) is 0 Å². The molecule has 1 atom stereocenters. The van der Waals surface area contributed by atoms with Crippen LogP contribution in [0.4, 0.5) is 0 Å². The van der Waals surface area contributed by atoms with E-state index in [9.17, 15) is 4.79 Å². The van der Waals surface area contributed by atoms with Gasteiger partial charge in [0.25, 0.3) is 0 Å². The molecule has 0 spiro atoms. The van der Waals surface area contributed by atoms with Gasteiger partial charge < -0.3 is 15.4 Å². The minimum Gasteiger partial charge on any atom is -0.497 e. The van der Waals surface area contributed by atoms with Crippen molar-refractivity contribution in [1.29, 1.82) is 0 Å². The second-order valence-electron chi connectivity index (χ2n) is 4.57. The lowest BCUT2D eigenvalue weighted by atomic mass is 10.0. The molecular weight excluding hydrogens is 228 g/mol. The Kier molecular flexibility index (Phi) is 4.59. The largest absolute Gasteiger partial charge is 0.497 e. The van der Waals surface area contributed by atoms with Crippen molar-refractivity contribution in [3.63, 3.8) is 0 Å². The van der Waals surface area contributed by atoms with E-state index in [4.69, 9.17) is 4.74 Å². The van der Waals surface area contributed by atoms with Crippen molar-refractivity contribution >= 4 is 5.91 Å². The third kappa shape index (κ3) is 3.47. The number of methoxy groups -OCH3 is 1. The fourth-order valence-corrected chi connectivity index (χ4v) is 2.17. The van der Waals surface area contributed by atoms with Gasteiger partial charge in [-0.05, 0) is 37.1 Å². The molecule has 98 valence electrons. The van der Waals surface area contributed by atoms with Crippen LogP contribution in [0.25, 0.3) is 0 Å². The molecule has 1 saturated heterocycles. The molecule has 1 fully saturated rings. The average Bonchev–Trinajstić information content (AvgIpc) is 2.46. The van der Waals surface area contributed by atoms with Crippen LogP contribution < -0.4 is 15.4 Å². The molecule has 0 saturated carbocycles. The molecule has 1 aromatic rings. The molecule has 1 aliphatic rings. The van der Waals surface area contributed by atoms with Gasteiger partial charge >= 0.3 is 0 Å². The van der Waals surface area contributed by atoms with Gasteiger partial charge in [0.15, 0.2) is 0 Å². The van der Waals surface area contributed by atoms with Gasteiger partial charge in [-0.3, -0.25) is 4.79 Å². The van der Waals surface area contributed by atoms with Gasteiger partial charge in [0.05, 0.1) is 13.2 Å². The monoisotopic (exact) mass is 248 g/mol. The lowest BCUT2D eigenvalue weighted by molar-refractivity contribution is -0.123. The van der Waals surface area contributed by atoms with Crippen LogP contribution in [0.3, 0.4) is 0 Å². The number of rotatable bonds is 4. The molecule has 2 N–H and O–H groups in total. The van der Waals surface area contributed by atoms with Gasteiger partial charge in [-0.2, -0.15) is 0 Å². The Balaban J connectivity index is 1.84. The molecule has 0 bridgehead atoms. The zero-order chi connectivity index (χ0) is 12.8. The molecule has 0 aliphatic carbocycles. The lowest BCUT2D eigenvalue weighted by Gasteiger charge is -2.22. The summed E-state index contributed by atoms with van der Waals surface area (Å²) in [7, 11) is 1.64. The van der Waals surface area contributed by atoms with Crippen molar-refractivity contribution < 1.29 is 9.53 Å². The molecule has 4 heteroatoms. The summed E-state index contributed by atoms with van der Waals surface area (Å²) in [5.41, 5.74) is 1.05. The Morgan fingerprint density at radius 3 is 3.11 bits per heavy atom. The zero-order valence-electron chi connectivity index (χ0n) is 10.7.